The number of ether oxygens (including phenoxy) is 1. The molecule has 182 valence electrons. The Morgan fingerprint density at radius 3 is 2.58 bits per heavy atom. The van der Waals surface area contributed by atoms with Gasteiger partial charge in [0.1, 0.15) is 0 Å². The largest absolute Gasteiger partial charge is 0.383 e. The Kier molecular flexibility index (Phi) is 5.57. The van der Waals surface area contributed by atoms with Gasteiger partial charge >= 0.3 is 0 Å². The van der Waals surface area contributed by atoms with Crippen LogP contribution in [0.2, 0.25) is 0 Å². The Hall–Kier alpha value is -4.31. The molecule has 1 N–H and O–H groups in total. The van der Waals surface area contributed by atoms with E-state index in [0.29, 0.717) is 24.9 Å². The van der Waals surface area contributed by atoms with Crippen LogP contribution in [0.25, 0.3) is 33.6 Å². The number of aromatic nitrogens is 8. The summed E-state index contributed by atoms with van der Waals surface area (Å²) in [6.45, 7) is 1.29. The molecule has 0 unspecified atom stereocenters. The molecule has 5 aromatic rings. The van der Waals surface area contributed by atoms with E-state index in [0.717, 1.165) is 57.7 Å². The molecule has 36 heavy (non-hydrogen) atoms. The zero-order valence-corrected chi connectivity index (χ0v) is 20.5. The number of anilines is 2. The zero-order chi connectivity index (χ0) is 24.6. The minimum atomic E-state index is 0.514. The monoisotopic (exact) mass is 481 g/mol. The summed E-state index contributed by atoms with van der Waals surface area (Å²) in [5.41, 5.74) is 8.55. The van der Waals surface area contributed by atoms with Crippen molar-refractivity contribution in [1.29, 1.82) is 0 Å². The summed E-state index contributed by atoms with van der Waals surface area (Å²) in [7, 11) is 5.60. The molecule has 0 amide bonds. The Bertz CT molecular complexity index is 1530. The predicted octanol–water partition coefficient (Wildman–Crippen LogP) is 3.63. The second kappa shape index (κ2) is 9.04. The van der Waals surface area contributed by atoms with Crippen LogP contribution in [-0.4, -0.2) is 53.0 Å². The van der Waals surface area contributed by atoms with Gasteiger partial charge in [0.25, 0.3) is 0 Å². The molecule has 0 saturated carbocycles. The molecule has 0 fully saturated rings. The number of benzene rings is 1. The molecular formula is C26H27N9O. The quantitative estimate of drug-likeness (QED) is 0.379. The molecule has 6 rings (SSSR count). The van der Waals surface area contributed by atoms with Crippen molar-refractivity contribution < 1.29 is 4.74 Å². The lowest BCUT2D eigenvalue weighted by molar-refractivity contribution is 0.183. The van der Waals surface area contributed by atoms with E-state index in [1.807, 2.05) is 59.0 Å². The molecule has 1 aliphatic rings. The van der Waals surface area contributed by atoms with E-state index >= 15 is 0 Å². The Morgan fingerprint density at radius 2 is 1.81 bits per heavy atom. The summed E-state index contributed by atoms with van der Waals surface area (Å²) in [5, 5.41) is 16.9. The van der Waals surface area contributed by atoms with Crippen molar-refractivity contribution in [1.82, 2.24) is 39.3 Å². The number of methoxy groups -OCH3 is 1. The highest BCUT2D eigenvalue weighted by Crippen LogP contribution is 2.40. The van der Waals surface area contributed by atoms with Crippen LogP contribution in [-0.2, 0) is 38.2 Å². The van der Waals surface area contributed by atoms with Gasteiger partial charge < -0.3 is 10.1 Å². The van der Waals surface area contributed by atoms with Crippen molar-refractivity contribution in [2.24, 2.45) is 14.1 Å². The van der Waals surface area contributed by atoms with Gasteiger partial charge in [-0.1, -0.05) is 24.3 Å². The molecule has 0 saturated heterocycles. The molecule has 4 aromatic heterocycles. The van der Waals surface area contributed by atoms with Gasteiger partial charge in [-0.25, -0.2) is 9.97 Å². The summed E-state index contributed by atoms with van der Waals surface area (Å²) in [6, 6.07) is 10.4. The third-order valence-electron chi connectivity index (χ3n) is 6.45. The average Bonchev–Trinajstić information content (AvgIpc) is 3.61. The SMILES string of the molecule is COCCn1ccc(Nc2ncc3c(n2)-c2c(nn(C)c2-c2ccc(-c4cnn(C)c4)cc2)CC3)n1. The summed E-state index contributed by atoms with van der Waals surface area (Å²) in [6.07, 6.45) is 9.45. The van der Waals surface area contributed by atoms with E-state index in [9.17, 15) is 0 Å². The Morgan fingerprint density at radius 1 is 0.972 bits per heavy atom. The molecule has 10 heteroatoms. The molecule has 0 atom stereocenters. The zero-order valence-electron chi connectivity index (χ0n) is 20.5. The number of hydrogen-bond acceptors (Lipinski definition) is 7. The normalized spacial score (nSPS) is 12.4. The topological polar surface area (TPSA) is 100 Å². The highest BCUT2D eigenvalue weighted by atomic mass is 16.5. The van der Waals surface area contributed by atoms with Crippen LogP contribution in [0.4, 0.5) is 11.8 Å². The van der Waals surface area contributed by atoms with E-state index in [1.165, 1.54) is 0 Å². The number of hydrogen-bond donors (Lipinski definition) is 1. The Balaban J connectivity index is 1.34. The highest BCUT2D eigenvalue weighted by molar-refractivity contribution is 5.85. The lowest BCUT2D eigenvalue weighted by atomic mass is 9.91. The Labute approximate surface area is 208 Å². The van der Waals surface area contributed by atoms with Gasteiger partial charge in [0, 0.05) is 62.6 Å². The lowest BCUT2D eigenvalue weighted by Crippen LogP contribution is -2.09. The highest BCUT2D eigenvalue weighted by Gasteiger charge is 2.27. The molecule has 0 radical (unpaired) electrons. The van der Waals surface area contributed by atoms with Crippen LogP contribution in [0, 0.1) is 0 Å². The fourth-order valence-corrected chi connectivity index (χ4v) is 4.70. The van der Waals surface area contributed by atoms with Gasteiger partial charge in [0.05, 0.1) is 36.4 Å². The molecule has 10 nitrogen and oxygen atoms in total. The van der Waals surface area contributed by atoms with Gasteiger partial charge in [-0.15, -0.1) is 0 Å². The number of fused-ring (bicyclic) bond motifs is 3. The van der Waals surface area contributed by atoms with E-state index in [4.69, 9.17) is 14.8 Å². The maximum Gasteiger partial charge on any atom is 0.228 e. The average molecular weight is 482 g/mol. The molecule has 1 aromatic carbocycles. The maximum absolute atomic E-state index is 5.13. The number of nitrogens with one attached hydrogen (secondary N) is 1. The number of rotatable bonds is 7. The van der Waals surface area contributed by atoms with Crippen LogP contribution in [0.15, 0.2) is 55.1 Å². The third kappa shape index (κ3) is 4.05. The van der Waals surface area contributed by atoms with Crippen LogP contribution < -0.4 is 5.32 Å². The van der Waals surface area contributed by atoms with Crippen molar-refractivity contribution in [3.05, 3.63) is 66.4 Å². The van der Waals surface area contributed by atoms with Crippen LogP contribution >= 0.6 is 0 Å². The van der Waals surface area contributed by atoms with Crippen LogP contribution in [0.3, 0.4) is 0 Å². The lowest BCUT2D eigenvalue weighted by Gasteiger charge is -2.17. The molecule has 0 spiro atoms. The molecular weight excluding hydrogens is 454 g/mol. The van der Waals surface area contributed by atoms with Crippen LogP contribution in [0.5, 0.6) is 0 Å². The fraction of sp³-hybridized carbons (Fsp3) is 0.269. The first-order valence-electron chi connectivity index (χ1n) is 11.9. The summed E-state index contributed by atoms with van der Waals surface area (Å²) >= 11 is 0. The van der Waals surface area contributed by atoms with Crippen molar-refractivity contribution in [3.8, 4) is 33.6 Å². The van der Waals surface area contributed by atoms with Gasteiger partial charge in [-0.3, -0.25) is 14.0 Å². The molecule has 0 aliphatic heterocycles. The summed E-state index contributed by atoms with van der Waals surface area (Å²) in [4.78, 5) is 9.48. The number of nitrogens with zero attached hydrogens (tertiary/aromatic N) is 8. The van der Waals surface area contributed by atoms with Crippen molar-refractivity contribution in [2.75, 3.05) is 19.0 Å². The first kappa shape index (κ1) is 22.2. The van der Waals surface area contributed by atoms with E-state index in [-0.39, 0.29) is 0 Å². The molecule has 4 heterocycles. The molecule has 1 aliphatic carbocycles. The van der Waals surface area contributed by atoms with Gasteiger partial charge in [-0.2, -0.15) is 15.3 Å². The van der Waals surface area contributed by atoms with Crippen molar-refractivity contribution in [2.45, 2.75) is 19.4 Å². The fourth-order valence-electron chi connectivity index (χ4n) is 4.70. The second-order valence-corrected chi connectivity index (χ2v) is 8.92. The summed E-state index contributed by atoms with van der Waals surface area (Å²) < 4.78 is 10.7. The molecule has 0 bridgehead atoms. The smallest absolute Gasteiger partial charge is 0.228 e. The van der Waals surface area contributed by atoms with Gasteiger partial charge in [-0.05, 0) is 24.0 Å². The minimum absolute atomic E-state index is 0.514. The van der Waals surface area contributed by atoms with Crippen molar-refractivity contribution >= 4 is 11.8 Å². The number of aryl methyl sites for hydroxylation is 4. The predicted molar refractivity (Wildman–Crippen MR) is 137 cm³/mol. The van der Waals surface area contributed by atoms with E-state index in [1.54, 1.807) is 7.11 Å². The van der Waals surface area contributed by atoms with Crippen LogP contribution in [0.1, 0.15) is 11.3 Å². The van der Waals surface area contributed by atoms with Gasteiger partial charge in [0.15, 0.2) is 5.82 Å². The maximum atomic E-state index is 5.13. The third-order valence-corrected chi connectivity index (χ3v) is 6.45. The first-order chi connectivity index (χ1) is 17.6. The van der Waals surface area contributed by atoms with E-state index in [2.05, 4.69) is 44.8 Å². The summed E-state index contributed by atoms with van der Waals surface area (Å²) in [5.74, 6) is 1.21. The van der Waals surface area contributed by atoms with E-state index < -0.39 is 0 Å². The standard InChI is InChI=1S/C26H27N9O/c1-33-16-20(15-28-33)17-4-6-18(7-5-17)25-23-21(31-34(25)2)9-8-19-14-27-26(30-24(19)23)29-22-10-11-35(32-22)12-13-36-3/h4-7,10-11,14-16H,8-9,12-13H2,1-3H3,(H,27,29,30,32). The van der Waals surface area contributed by atoms with Gasteiger partial charge in [0.2, 0.25) is 5.95 Å². The van der Waals surface area contributed by atoms with Crippen molar-refractivity contribution in [3.63, 3.8) is 0 Å². The second-order valence-electron chi connectivity index (χ2n) is 8.92. The minimum Gasteiger partial charge on any atom is -0.383 e. The first-order valence-corrected chi connectivity index (χ1v) is 11.9.